The summed E-state index contributed by atoms with van der Waals surface area (Å²) in [5.74, 6) is 1.33. The third-order valence-corrected chi connectivity index (χ3v) is 2.89. The lowest BCUT2D eigenvalue weighted by atomic mass is 10.2. The van der Waals surface area contributed by atoms with E-state index in [1.54, 1.807) is 6.33 Å². The molecule has 0 bridgehead atoms. The molecule has 2 rings (SSSR count). The Kier molecular flexibility index (Phi) is 4.53. The molecule has 2 aromatic rings. The van der Waals surface area contributed by atoms with Crippen molar-refractivity contribution in [1.82, 2.24) is 9.97 Å². The third-order valence-electron chi connectivity index (χ3n) is 2.58. The lowest BCUT2D eigenvalue weighted by Crippen LogP contribution is -1.97. The molecule has 0 amide bonds. The van der Waals surface area contributed by atoms with Crippen molar-refractivity contribution < 1.29 is 0 Å². The summed E-state index contributed by atoms with van der Waals surface area (Å²) in [6.07, 6.45) is 3.65. The number of hydrogen-bond donors (Lipinski definition) is 1. The van der Waals surface area contributed by atoms with Gasteiger partial charge in [0.05, 0.1) is 0 Å². The van der Waals surface area contributed by atoms with Crippen LogP contribution in [0.2, 0.25) is 0 Å². The second kappa shape index (κ2) is 6.36. The molecule has 0 spiro atoms. The van der Waals surface area contributed by atoms with Crippen molar-refractivity contribution in [1.29, 1.82) is 0 Å². The Balaban J connectivity index is 2.14. The summed E-state index contributed by atoms with van der Waals surface area (Å²) in [6, 6.07) is 9.98. The molecule has 1 heterocycles. The fourth-order valence-electron chi connectivity index (χ4n) is 1.74. The minimum absolute atomic E-state index is 0.514. The van der Waals surface area contributed by atoms with Gasteiger partial charge in [-0.2, -0.15) is 0 Å². The highest BCUT2D eigenvalue weighted by Crippen LogP contribution is 2.17. The quantitative estimate of drug-likeness (QED) is 0.829. The van der Waals surface area contributed by atoms with Gasteiger partial charge in [-0.1, -0.05) is 25.5 Å². The van der Waals surface area contributed by atoms with Crippen molar-refractivity contribution in [2.75, 3.05) is 5.32 Å². The maximum atomic E-state index is 5.81. The number of nitrogens with one attached hydrogen (secondary N) is 1. The van der Waals surface area contributed by atoms with Gasteiger partial charge in [-0.15, -0.1) is 11.6 Å². The Hall–Kier alpha value is -1.61. The lowest BCUT2D eigenvalue weighted by Gasteiger charge is -2.07. The number of nitrogens with zero attached hydrogens (tertiary/aromatic N) is 2. The second-order valence-electron chi connectivity index (χ2n) is 4.10. The molecule has 1 N–H and O–H groups in total. The van der Waals surface area contributed by atoms with Gasteiger partial charge < -0.3 is 5.32 Å². The first-order chi connectivity index (χ1) is 8.81. The third kappa shape index (κ3) is 3.44. The summed E-state index contributed by atoms with van der Waals surface area (Å²) in [7, 11) is 0. The molecule has 0 unspecified atom stereocenters. The molecule has 0 aliphatic rings. The summed E-state index contributed by atoms with van der Waals surface area (Å²) in [6.45, 7) is 2.14. The van der Waals surface area contributed by atoms with Gasteiger partial charge in [-0.25, -0.2) is 9.97 Å². The highest BCUT2D eigenvalue weighted by Gasteiger charge is 2.00. The smallest absolute Gasteiger partial charge is 0.133 e. The fraction of sp³-hybridized carbons (Fsp3) is 0.286. The Morgan fingerprint density at radius 2 is 2.11 bits per heavy atom. The maximum Gasteiger partial charge on any atom is 0.133 e. The second-order valence-corrected chi connectivity index (χ2v) is 4.37. The zero-order valence-electron chi connectivity index (χ0n) is 10.4. The zero-order chi connectivity index (χ0) is 12.8. The van der Waals surface area contributed by atoms with Gasteiger partial charge in [0.1, 0.15) is 12.1 Å². The maximum absolute atomic E-state index is 5.81. The summed E-state index contributed by atoms with van der Waals surface area (Å²) >= 11 is 5.81. The van der Waals surface area contributed by atoms with Crippen LogP contribution in [-0.4, -0.2) is 9.97 Å². The molecule has 3 nitrogen and oxygen atoms in total. The SMILES string of the molecule is CCCc1cc(Nc2cccc(CCl)c2)ncn1. The van der Waals surface area contributed by atoms with E-state index >= 15 is 0 Å². The van der Waals surface area contributed by atoms with Gasteiger partial charge in [0.25, 0.3) is 0 Å². The molecule has 18 heavy (non-hydrogen) atoms. The van der Waals surface area contributed by atoms with Crippen LogP contribution in [0.3, 0.4) is 0 Å². The molecule has 0 aliphatic carbocycles. The highest BCUT2D eigenvalue weighted by molar-refractivity contribution is 6.17. The number of alkyl halides is 1. The lowest BCUT2D eigenvalue weighted by molar-refractivity contribution is 0.873. The first-order valence-corrected chi connectivity index (χ1v) is 6.58. The molecule has 1 aromatic heterocycles. The van der Waals surface area contributed by atoms with E-state index in [0.29, 0.717) is 5.88 Å². The van der Waals surface area contributed by atoms with E-state index in [0.717, 1.165) is 35.6 Å². The van der Waals surface area contributed by atoms with Crippen molar-refractivity contribution in [3.05, 3.63) is 47.9 Å². The molecule has 0 saturated heterocycles. The van der Waals surface area contributed by atoms with Crippen LogP contribution < -0.4 is 5.32 Å². The van der Waals surface area contributed by atoms with Crippen molar-refractivity contribution in [2.24, 2.45) is 0 Å². The van der Waals surface area contributed by atoms with E-state index in [1.807, 2.05) is 30.3 Å². The van der Waals surface area contributed by atoms with Crippen LogP contribution in [0.15, 0.2) is 36.7 Å². The van der Waals surface area contributed by atoms with Crippen LogP contribution in [0.4, 0.5) is 11.5 Å². The van der Waals surface area contributed by atoms with Crippen LogP contribution in [0.1, 0.15) is 24.6 Å². The largest absolute Gasteiger partial charge is 0.340 e. The Bertz CT molecular complexity index is 514. The first-order valence-electron chi connectivity index (χ1n) is 6.04. The van der Waals surface area contributed by atoms with Crippen LogP contribution >= 0.6 is 11.6 Å². The minimum atomic E-state index is 0.514. The topological polar surface area (TPSA) is 37.8 Å². The van der Waals surface area contributed by atoms with Gasteiger partial charge >= 0.3 is 0 Å². The van der Waals surface area contributed by atoms with Crippen LogP contribution in [0, 0.1) is 0 Å². The Morgan fingerprint density at radius 3 is 2.89 bits per heavy atom. The zero-order valence-corrected chi connectivity index (χ0v) is 11.1. The molecule has 0 saturated carbocycles. The first kappa shape index (κ1) is 12.8. The van der Waals surface area contributed by atoms with Crippen LogP contribution in [0.5, 0.6) is 0 Å². The summed E-state index contributed by atoms with van der Waals surface area (Å²) in [5.41, 5.74) is 3.14. The number of aryl methyl sites for hydroxylation is 1. The minimum Gasteiger partial charge on any atom is -0.340 e. The number of aromatic nitrogens is 2. The summed E-state index contributed by atoms with van der Waals surface area (Å²) < 4.78 is 0. The van der Waals surface area contributed by atoms with Gasteiger partial charge in [-0.3, -0.25) is 0 Å². The molecule has 1 aromatic carbocycles. The van der Waals surface area contributed by atoms with E-state index in [2.05, 4.69) is 22.2 Å². The van der Waals surface area contributed by atoms with Crippen molar-refractivity contribution >= 4 is 23.1 Å². The average molecular weight is 262 g/mol. The average Bonchev–Trinajstić information content (AvgIpc) is 2.40. The summed E-state index contributed by atoms with van der Waals surface area (Å²) in [5, 5.41) is 3.27. The number of hydrogen-bond acceptors (Lipinski definition) is 3. The number of halogens is 1. The van der Waals surface area contributed by atoms with E-state index in [4.69, 9.17) is 11.6 Å². The molecule has 94 valence electrons. The molecule has 0 radical (unpaired) electrons. The van der Waals surface area contributed by atoms with Crippen molar-refractivity contribution in [3.63, 3.8) is 0 Å². The van der Waals surface area contributed by atoms with Gasteiger partial charge in [0.15, 0.2) is 0 Å². The van der Waals surface area contributed by atoms with Crippen molar-refractivity contribution in [2.45, 2.75) is 25.6 Å². The monoisotopic (exact) mass is 261 g/mol. The van der Waals surface area contributed by atoms with Crippen LogP contribution in [0.25, 0.3) is 0 Å². The van der Waals surface area contributed by atoms with E-state index < -0.39 is 0 Å². The van der Waals surface area contributed by atoms with E-state index in [1.165, 1.54) is 0 Å². The van der Waals surface area contributed by atoms with Gasteiger partial charge in [-0.05, 0) is 24.1 Å². The number of anilines is 2. The van der Waals surface area contributed by atoms with Gasteiger partial charge in [0, 0.05) is 23.3 Å². The summed E-state index contributed by atoms with van der Waals surface area (Å²) in [4.78, 5) is 8.45. The number of benzene rings is 1. The molecule has 0 aliphatic heterocycles. The highest BCUT2D eigenvalue weighted by atomic mass is 35.5. The Labute approximate surface area is 112 Å². The predicted octanol–water partition coefficient (Wildman–Crippen LogP) is 3.91. The van der Waals surface area contributed by atoms with E-state index in [-0.39, 0.29) is 0 Å². The molecular weight excluding hydrogens is 246 g/mol. The normalized spacial score (nSPS) is 10.3. The van der Waals surface area contributed by atoms with Crippen molar-refractivity contribution in [3.8, 4) is 0 Å². The standard InChI is InChI=1S/C14H16ClN3/c1-2-4-12-8-14(17-10-16-12)18-13-6-3-5-11(7-13)9-15/h3,5-8,10H,2,4,9H2,1H3,(H,16,17,18). The van der Waals surface area contributed by atoms with Crippen LogP contribution in [-0.2, 0) is 12.3 Å². The molecule has 0 fully saturated rings. The predicted molar refractivity (Wildman–Crippen MR) is 75.3 cm³/mol. The molecule has 4 heteroatoms. The Morgan fingerprint density at radius 1 is 1.22 bits per heavy atom. The van der Waals surface area contributed by atoms with E-state index in [9.17, 15) is 0 Å². The number of rotatable bonds is 5. The fourth-order valence-corrected chi connectivity index (χ4v) is 1.91. The molecule has 0 atom stereocenters. The molecular formula is C14H16ClN3. The van der Waals surface area contributed by atoms with Gasteiger partial charge in [0.2, 0.25) is 0 Å².